The number of nitrogens with one attached hydrogen (secondary N) is 2. The van der Waals surface area contributed by atoms with Gasteiger partial charge in [-0.25, -0.2) is 22.9 Å². The highest BCUT2D eigenvalue weighted by molar-refractivity contribution is 7.89. The van der Waals surface area contributed by atoms with Gasteiger partial charge in [-0.3, -0.25) is 0 Å². The summed E-state index contributed by atoms with van der Waals surface area (Å²) in [6.07, 6.45) is 1.32. The van der Waals surface area contributed by atoms with E-state index in [1.165, 1.54) is 23.2 Å². The number of amides is 2. The molecule has 1 heterocycles. The lowest BCUT2D eigenvalue weighted by Crippen LogP contribution is -2.39. The highest BCUT2D eigenvalue weighted by atomic mass is 32.2. The van der Waals surface area contributed by atoms with Crippen LogP contribution in [0.3, 0.4) is 0 Å². The van der Waals surface area contributed by atoms with Crippen molar-refractivity contribution in [1.82, 2.24) is 19.9 Å². The van der Waals surface area contributed by atoms with Gasteiger partial charge in [0.25, 0.3) is 0 Å². The molecule has 0 aliphatic heterocycles. The lowest BCUT2D eigenvalue weighted by Gasteiger charge is -2.12. The van der Waals surface area contributed by atoms with Crippen molar-refractivity contribution in [1.29, 1.82) is 0 Å². The van der Waals surface area contributed by atoms with E-state index in [9.17, 15) is 13.2 Å². The summed E-state index contributed by atoms with van der Waals surface area (Å²) >= 11 is 0. The van der Waals surface area contributed by atoms with Crippen LogP contribution in [0.2, 0.25) is 0 Å². The Kier molecular flexibility index (Phi) is 5.07. The van der Waals surface area contributed by atoms with Crippen LogP contribution in [0.25, 0.3) is 0 Å². The van der Waals surface area contributed by atoms with Gasteiger partial charge in [-0.15, -0.1) is 0 Å². The van der Waals surface area contributed by atoms with Gasteiger partial charge in [0.1, 0.15) is 5.82 Å². The molecule has 106 valence electrons. The van der Waals surface area contributed by atoms with Crippen LogP contribution in [0, 0.1) is 0 Å². The molecule has 19 heavy (non-hydrogen) atoms. The molecule has 0 fully saturated rings. The van der Waals surface area contributed by atoms with Gasteiger partial charge in [0, 0.05) is 39.4 Å². The van der Waals surface area contributed by atoms with Crippen LogP contribution in [0.15, 0.2) is 23.2 Å². The number of hydrogen-bond acceptors (Lipinski definition) is 5. The van der Waals surface area contributed by atoms with Crippen LogP contribution in [-0.2, 0) is 10.0 Å². The molecule has 0 atom stereocenters. The first-order chi connectivity index (χ1) is 8.83. The summed E-state index contributed by atoms with van der Waals surface area (Å²) in [5.74, 6) is 0.129. The highest BCUT2D eigenvalue weighted by Crippen LogP contribution is 2.09. The van der Waals surface area contributed by atoms with E-state index in [0.717, 1.165) is 0 Å². The fourth-order valence-corrected chi connectivity index (χ4v) is 2.24. The van der Waals surface area contributed by atoms with Crippen molar-refractivity contribution in [2.75, 3.05) is 32.9 Å². The van der Waals surface area contributed by atoms with Gasteiger partial charge in [-0.05, 0) is 6.07 Å². The van der Waals surface area contributed by atoms with Crippen LogP contribution in [0.1, 0.15) is 0 Å². The van der Waals surface area contributed by atoms with Crippen molar-refractivity contribution in [2.45, 2.75) is 4.90 Å². The molecule has 0 saturated heterocycles. The minimum absolute atomic E-state index is 0.0407. The Labute approximate surface area is 112 Å². The number of hydrogen-bond donors (Lipinski definition) is 3. The summed E-state index contributed by atoms with van der Waals surface area (Å²) in [4.78, 5) is 16.3. The van der Waals surface area contributed by atoms with E-state index in [2.05, 4.69) is 15.0 Å². The van der Waals surface area contributed by atoms with Crippen molar-refractivity contribution < 1.29 is 13.2 Å². The van der Waals surface area contributed by atoms with Crippen LogP contribution >= 0.6 is 0 Å². The molecule has 2 amide bonds. The number of nitrogens with zero attached hydrogens (tertiary/aromatic N) is 2. The summed E-state index contributed by atoms with van der Waals surface area (Å²) in [5.41, 5.74) is 5.42. The Morgan fingerprint density at radius 3 is 2.68 bits per heavy atom. The van der Waals surface area contributed by atoms with E-state index in [1.54, 1.807) is 14.1 Å². The minimum Gasteiger partial charge on any atom is -0.384 e. The highest BCUT2D eigenvalue weighted by Gasteiger charge is 2.13. The van der Waals surface area contributed by atoms with Crippen molar-refractivity contribution >= 4 is 21.9 Å². The smallest absolute Gasteiger partial charge is 0.316 e. The number of aromatic nitrogens is 1. The topological polar surface area (TPSA) is 117 Å². The molecule has 1 rings (SSSR count). The van der Waals surface area contributed by atoms with E-state index < -0.39 is 10.0 Å². The molecular formula is C10H17N5O3S. The average Bonchev–Trinajstić information content (AvgIpc) is 2.34. The predicted octanol–water partition coefficient (Wildman–Crippen LogP) is -0.787. The number of carbonyl (C=O) groups excluding carboxylic acids is 1. The Balaban J connectivity index is 2.51. The zero-order valence-electron chi connectivity index (χ0n) is 10.8. The molecule has 4 N–H and O–H groups in total. The standard InChI is InChI=1S/C10H17N5O3S/c1-15(2)10(16)13-5-6-14-19(17,18)8-3-4-12-9(11)7-8/h3-4,7,14H,5-6H2,1-2H3,(H2,11,12)(H,13,16). The normalized spacial score (nSPS) is 11.1. The Morgan fingerprint density at radius 1 is 1.42 bits per heavy atom. The number of rotatable bonds is 5. The zero-order chi connectivity index (χ0) is 14.5. The molecule has 0 saturated carbocycles. The lowest BCUT2D eigenvalue weighted by atomic mass is 10.5. The third-order valence-corrected chi connectivity index (χ3v) is 3.62. The molecular weight excluding hydrogens is 270 g/mol. The summed E-state index contributed by atoms with van der Waals surface area (Å²) in [7, 11) is -0.443. The first-order valence-electron chi connectivity index (χ1n) is 5.49. The second kappa shape index (κ2) is 6.34. The van der Waals surface area contributed by atoms with E-state index in [-0.39, 0.29) is 29.8 Å². The fourth-order valence-electron chi connectivity index (χ4n) is 1.19. The van der Waals surface area contributed by atoms with Crippen LogP contribution in [0.4, 0.5) is 10.6 Å². The fraction of sp³-hybridized carbons (Fsp3) is 0.400. The number of anilines is 1. The van der Waals surface area contributed by atoms with Gasteiger partial charge in [-0.2, -0.15) is 0 Å². The Morgan fingerprint density at radius 2 is 2.11 bits per heavy atom. The minimum atomic E-state index is -3.64. The van der Waals surface area contributed by atoms with Gasteiger partial charge in [0.15, 0.2) is 0 Å². The Hall–Kier alpha value is -1.87. The molecule has 8 nitrogen and oxygen atoms in total. The van der Waals surface area contributed by atoms with Gasteiger partial charge in [0.2, 0.25) is 10.0 Å². The van der Waals surface area contributed by atoms with E-state index in [4.69, 9.17) is 5.73 Å². The maximum atomic E-state index is 11.8. The monoisotopic (exact) mass is 287 g/mol. The number of nitrogen functional groups attached to an aromatic ring is 1. The number of urea groups is 1. The first kappa shape index (κ1) is 15.2. The van der Waals surface area contributed by atoms with Crippen molar-refractivity contribution in [3.05, 3.63) is 18.3 Å². The molecule has 0 aliphatic rings. The Bertz CT molecular complexity index is 544. The van der Waals surface area contributed by atoms with Gasteiger partial charge in [-0.1, -0.05) is 0 Å². The van der Waals surface area contributed by atoms with E-state index in [0.29, 0.717) is 0 Å². The number of sulfonamides is 1. The summed E-state index contributed by atoms with van der Waals surface area (Å²) in [6, 6.07) is 2.32. The molecule has 0 radical (unpaired) electrons. The zero-order valence-corrected chi connectivity index (χ0v) is 11.6. The molecule has 0 unspecified atom stereocenters. The van der Waals surface area contributed by atoms with Gasteiger partial charge >= 0.3 is 6.03 Å². The molecule has 1 aromatic heterocycles. The summed E-state index contributed by atoms with van der Waals surface area (Å²) < 4.78 is 26.0. The number of nitrogens with two attached hydrogens (primary N) is 1. The van der Waals surface area contributed by atoms with E-state index >= 15 is 0 Å². The second-order valence-corrected chi connectivity index (χ2v) is 5.71. The van der Waals surface area contributed by atoms with Gasteiger partial charge in [0.05, 0.1) is 4.90 Å². The summed E-state index contributed by atoms with van der Waals surface area (Å²) in [5, 5.41) is 2.54. The number of pyridine rings is 1. The van der Waals surface area contributed by atoms with Crippen LogP contribution < -0.4 is 15.8 Å². The van der Waals surface area contributed by atoms with Crippen LogP contribution in [0.5, 0.6) is 0 Å². The second-order valence-electron chi connectivity index (χ2n) is 3.94. The third kappa shape index (κ3) is 4.72. The first-order valence-corrected chi connectivity index (χ1v) is 6.97. The molecule has 1 aromatic rings. The van der Waals surface area contributed by atoms with E-state index in [1.807, 2.05) is 0 Å². The molecule has 9 heteroatoms. The maximum Gasteiger partial charge on any atom is 0.316 e. The van der Waals surface area contributed by atoms with Crippen molar-refractivity contribution in [3.63, 3.8) is 0 Å². The largest absolute Gasteiger partial charge is 0.384 e. The van der Waals surface area contributed by atoms with Gasteiger partial charge < -0.3 is 16.0 Å². The quantitative estimate of drug-likeness (QED) is 0.614. The molecule has 0 aromatic carbocycles. The molecule has 0 bridgehead atoms. The molecule has 0 spiro atoms. The lowest BCUT2D eigenvalue weighted by molar-refractivity contribution is 0.217. The summed E-state index contributed by atoms with van der Waals surface area (Å²) in [6.45, 7) is 0.279. The third-order valence-electron chi connectivity index (χ3n) is 2.16. The predicted molar refractivity (Wildman–Crippen MR) is 70.9 cm³/mol. The molecule has 0 aliphatic carbocycles. The number of carbonyl (C=O) groups is 1. The average molecular weight is 287 g/mol. The SMILES string of the molecule is CN(C)C(=O)NCCNS(=O)(=O)c1ccnc(N)c1. The van der Waals surface area contributed by atoms with Crippen molar-refractivity contribution in [3.8, 4) is 0 Å². The maximum absolute atomic E-state index is 11.8. The van der Waals surface area contributed by atoms with Crippen molar-refractivity contribution in [2.24, 2.45) is 0 Å². The van der Waals surface area contributed by atoms with Crippen LogP contribution in [-0.4, -0.2) is 51.5 Å².